The van der Waals surface area contributed by atoms with Gasteiger partial charge in [0.05, 0.1) is 5.56 Å². The maximum Gasteiger partial charge on any atom is 0.344 e. The van der Waals surface area contributed by atoms with Gasteiger partial charge in [0.2, 0.25) is 0 Å². The molecule has 0 amide bonds. The zero-order valence-corrected chi connectivity index (χ0v) is 17.3. The summed E-state index contributed by atoms with van der Waals surface area (Å²) in [6.45, 7) is 2.24. The van der Waals surface area contributed by atoms with Crippen LogP contribution in [0.5, 0.6) is 5.75 Å². The van der Waals surface area contributed by atoms with Crippen LogP contribution in [-0.4, -0.2) is 5.97 Å². The third-order valence-corrected chi connectivity index (χ3v) is 5.18. The Bertz CT molecular complexity index is 882. The fraction of sp³-hybridized carbons (Fsp3) is 0.296. The first kappa shape index (κ1) is 20.9. The van der Waals surface area contributed by atoms with E-state index in [2.05, 4.69) is 19.1 Å². The molecule has 0 atom stereocenters. The molecule has 2 nitrogen and oxygen atoms in total. The van der Waals surface area contributed by atoms with Crippen LogP contribution < -0.4 is 4.74 Å². The van der Waals surface area contributed by atoms with Crippen molar-refractivity contribution < 1.29 is 9.53 Å². The van der Waals surface area contributed by atoms with Crippen LogP contribution in [0, 0.1) is 0 Å². The number of benzene rings is 3. The second-order valence-corrected chi connectivity index (χ2v) is 7.46. The van der Waals surface area contributed by atoms with E-state index in [-0.39, 0.29) is 5.97 Å². The fourth-order valence-electron chi connectivity index (χ4n) is 3.53. The number of carbonyl (C=O) groups excluding carboxylic acids is 1. The average molecular weight is 387 g/mol. The average Bonchev–Trinajstić information content (AvgIpc) is 2.78. The van der Waals surface area contributed by atoms with Gasteiger partial charge in [0, 0.05) is 0 Å². The van der Waals surface area contributed by atoms with Crippen molar-refractivity contribution in [2.24, 2.45) is 0 Å². The van der Waals surface area contributed by atoms with Gasteiger partial charge in [-0.2, -0.15) is 0 Å². The molecule has 3 aromatic carbocycles. The maximum atomic E-state index is 12.8. The largest absolute Gasteiger partial charge is 0.423 e. The molecular formula is C27H30O2. The van der Waals surface area contributed by atoms with E-state index < -0.39 is 0 Å². The van der Waals surface area contributed by atoms with E-state index in [0.717, 1.165) is 17.5 Å². The lowest BCUT2D eigenvalue weighted by atomic mass is 10.00. The topological polar surface area (TPSA) is 26.3 Å². The summed E-state index contributed by atoms with van der Waals surface area (Å²) in [7, 11) is 0. The van der Waals surface area contributed by atoms with Gasteiger partial charge in [0.15, 0.2) is 0 Å². The van der Waals surface area contributed by atoms with Gasteiger partial charge < -0.3 is 4.74 Å². The summed E-state index contributed by atoms with van der Waals surface area (Å²) >= 11 is 0. The lowest BCUT2D eigenvalue weighted by molar-refractivity contribution is 0.0735. The molecule has 0 fully saturated rings. The molecule has 0 saturated heterocycles. The quantitative estimate of drug-likeness (QED) is 0.205. The Balaban J connectivity index is 1.58. The molecule has 150 valence electrons. The van der Waals surface area contributed by atoms with Crippen LogP contribution in [0.15, 0.2) is 78.9 Å². The summed E-state index contributed by atoms with van der Waals surface area (Å²) in [5.41, 5.74) is 3.77. The standard InChI is InChI=1S/C27H30O2/c1-2-3-4-5-6-8-13-22-18-20-24(21-19-22)29-27(28)26-17-12-11-16-25(26)23-14-9-7-10-15-23/h7,9-12,14-21H,2-6,8,13H2,1H3. The highest BCUT2D eigenvalue weighted by molar-refractivity contribution is 5.98. The summed E-state index contributed by atoms with van der Waals surface area (Å²) in [6, 6.07) is 25.4. The molecule has 0 unspecified atom stereocenters. The van der Waals surface area contributed by atoms with E-state index in [1.54, 1.807) is 0 Å². The molecule has 0 saturated carbocycles. The fourth-order valence-corrected chi connectivity index (χ4v) is 3.53. The summed E-state index contributed by atoms with van der Waals surface area (Å²) < 4.78 is 5.65. The first-order valence-electron chi connectivity index (χ1n) is 10.7. The number of hydrogen-bond acceptors (Lipinski definition) is 2. The number of unbranched alkanes of at least 4 members (excludes halogenated alkanes) is 5. The van der Waals surface area contributed by atoms with Gasteiger partial charge >= 0.3 is 5.97 Å². The van der Waals surface area contributed by atoms with Crippen LogP contribution in [0.3, 0.4) is 0 Å². The van der Waals surface area contributed by atoms with Crippen LogP contribution in [0.2, 0.25) is 0 Å². The van der Waals surface area contributed by atoms with Gasteiger partial charge in [-0.05, 0) is 47.7 Å². The highest BCUT2D eigenvalue weighted by Crippen LogP contribution is 2.25. The predicted octanol–water partition coefficient (Wildman–Crippen LogP) is 7.48. The van der Waals surface area contributed by atoms with E-state index in [9.17, 15) is 4.79 Å². The normalized spacial score (nSPS) is 10.7. The molecule has 2 heteroatoms. The third-order valence-electron chi connectivity index (χ3n) is 5.18. The Morgan fingerprint density at radius 2 is 1.38 bits per heavy atom. The zero-order valence-electron chi connectivity index (χ0n) is 17.3. The monoisotopic (exact) mass is 386 g/mol. The molecule has 0 radical (unpaired) electrons. The Hall–Kier alpha value is -2.87. The minimum absolute atomic E-state index is 0.326. The van der Waals surface area contributed by atoms with E-state index in [1.165, 1.54) is 44.1 Å². The predicted molar refractivity (Wildman–Crippen MR) is 120 cm³/mol. The highest BCUT2D eigenvalue weighted by Gasteiger charge is 2.14. The molecule has 0 bridgehead atoms. The number of ether oxygens (including phenoxy) is 1. The number of esters is 1. The SMILES string of the molecule is CCCCCCCCc1ccc(OC(=O)c2ccccc2-c2ccccc2)cc1. The Morgan fingerprint density at radius 1 is 0.724 bits per heavy atom. The van der Waals surface area contributed by atoms with Crippen LogP contribution in [0.1, 0.15) is 61.4 Å². The van der Waals surface area contributed by atoms with Gasteiger partial charge in [-0.3, -0.25) is 0 Å². The molecule has 3 rings (SSSR count). The molecule has 0 N–H and O–H groups in total. The molecule has 0 aliphatic rings. The van der Waals surface area contributed by atoms with Crippen LogP contribution in [-0.2, 0) is 6.42 Å². The van der Waals surface area contributed by atoms with Gasteiger partial charge in [-0.25, -0.2) is 4.79 Å². The van der Waals surface area contributed by atoms with Crippen molar-refractivity contribution in [2.45, 2.75) is 51.9 Å². The molecule has 3 aromatic rings. The van der Waals surface area contributed by atoms with Crippen LogP contribution >= 0.6 is 0 Å². The Morgan fingerprint density at radius 3 is 2.14 bits per heavy atom. The first-order chi connectivity index (χ1) is 14.3. The van der Waals surface area contributed by atoms with Crippen LogP contribution in [0.25, 0.3) is 11.1 Å². The van der Waals surface area contributed by atoms with Gasteiger partial charge in [0.1, 0.15) is 5.75 Å². The smallest absolute Gasteiger partial charge is 0.344 e. The van der Waals surface area contributed by atoms with Crippen molar-refractivity contribution in [1.29, 1.82) is 0 Å². The number of rotatable bonds is 10. The molecule has 29 heavy (non-hydrogen) atoms. The second kappa shape index (κ2) is 11.2. The lowest BCUT2D eigenvalue weighted by Gasteiger charge is -2.10. The van der Waals surface area contributed by atoms with Gasteiger partial charge in [-0.1, -0.05) is 99.7 Å². The van der Waals surface area contributed by atoms with Crippen molar-refractivity contribution in [3.8, 4) is 16.9 Å². The van der Waals surface area contributed by atoms with Crippen molar-refractivity contribution in [3.05, 3.63) is 90.0 Å². The molecule has 0 aliphatic carbocycles. The van der Waals surface area contributed by atoms with E-state index in [1.807, 2.05) is 66.7 Å². The summed E-state index contributed by atoms with van der Waals surface area (Å²) in [4.78, 5) is 12.8. The highest BCUT2D eigenvalue weighted by atomic mass is 16.5. The minimum atomic E-state index is -0.326. The Kier molecular flexibility index (Phi) is 8.06. The lowest BCUT2D eigenvalue weighted by Crippen LogP contribution is -2.10. The summed E-state index contributed by atoms with van der Waals surface area (Å²) in [5, 5.41) is 0. The Labute approximate surface area is 174 Å². The summed E-state index contributed by atoms with van der Waals surface area (Å²) in [5.74, 6) is 0.262. The number of hydrogen-bond donors (Lipinski definition) is 0. The van der Waals surface area contributed by atoms with E-state index in [0.29, 0.717) is 11.3 Å². The van der Waals surface area contributed by atoms with Crippen molar-refractivity contribution >= 4 is 5.97 Å². The van der Waals surface area contributed by atoms with Gasteiger partial charge in [0.25, 0.3) is 0 Å². The number of carbonyl (C=O) groups is 1. The molecule has 0 heterocycles. The van der Waals surface area contributed by atoms with Crippen molar-refractivity contribution in [1.82, 2.24) is 0 Å². The summed E-state index contributed by atoms with van der Waals surface area (Å²) in [6.07, 6.45) is 8.88. The van der Waals surface area contributed by atoms with E-state index >= 15 is 0 Å². The molecular weight excluding hydrogens is 356 g/mol. The van der Waals surface area contributed by atoms with E-state index in [4.69, 9.17) is 4.74 Å². The number of aryl methyl sites for hydroxylation is 1. The van der Waals surface area contributed by atoms with Crippen LogP contribution in [0.4, 0.5) is 0 Å². The minimum Gasteiger partial charge on any atom is -0.423 e. The van der Waals surface area contributed by atoms with Crippen molar-refractivity contribution in [2.75, 3.05) is 0 Å². The molecule has 0 aliphatic heterocycles. The first-order valence-corrected chi connectivity index (χ1v) is 10.7. The molecule has 0 aromatic heterocycles. The third kappa shape index (κ3) is 6.32. The maximum absolute atomic E-state index is 12.8. The zero-order chi connectivity index (χ0) is 20.3. The molecule has 0 spiro atoms. The van der Waals surface area contributed by atoms with Gasteiger partial charge in [-0.15, -0.1) is 0 Å². The van der Waals surface area contributed by atoms with Crippen molar-refractivity contribution in [3.63, 3.8) is 0 Å². The second-order valence-electron chi connectivity index (χ2n) is 7.46.